The van der Waals surface area contributed by atoms with Crippen LogP contribution in [-0.4, -0.2) is 17.6 Å². The Bertz CT molecular complexity index is 540. The van der Waals surface area contributed by atoms with Gasteiger partial charge in [0.25, 0.3) is 0 Å². The van der Waals surface area contributed by atoms with Gasteiger partial charge in [0, 0.05) is 10.9 Å². The number of hydrogen-bond donors (Lipinski definition) is 1. The fourth-order valence-corrected chi connectivity index (χ4v) is 1.60. The SMILES string of the molecule is C=Cc1ccc2[nH]c(C(=O)OCC)cc2c1. The van der Waals surface area contributed by atoms with Crippen molar-refractivity contribution in [2.24, 2.45) is 0 Å². The lowest BCUT2D eigenvalue weighted by Gasteiger charge is -1.96. The minimum absolute atomic E-state index is 0.321. The van der Waals surface area contributed by atoms with E-state index in [4.69, 9.17) is 4.74 Å². The molecular weight excluding hydrogens is 202 g/mol. The van der Waals surface area contributed by atoms with E-state index in [1.165, 1.54) is 0 Å². The maximum Gasteiger partial charge on any atom is 0.354 e. The summed E-state index contributed by atoms with van der Waals surface area (Å²) in [7, 11) is 0. The number of esters is 1. The smallest absolute Gasteiger partial charge is 0.354 e. The fourth-order valence-electron chi connectivity index (χ4n) is 1.60. The second-order valence-electron chi connectivity index (χ2n) is 3.45. The van der Waals surface area contributed by atoms with Crippen LogP contribution in [0.5, 0.6) is 0 Å². The molecule has 1 N–H and O–H groups in total. The third kappa shape index (κ3) is 1.84. The van der Waals surface area contributed by atoms with E-state index >= 15 is 0 Å². The van der Waals surface area contributed by atoms with Crippen LogP contribution in [0.1, 0.15) is 23.0 Å². The Labute approximate surface area is 93.7 Å². The van der Waals surface area contributed by atoms with Gasteiger partial charge in [0.1, 0.15) is 5.69 Å². The number of carbonyl (C=O) groups is 1. The molecule has 1 aromatic carbocycles. The lowest BCUT2D eigenvalue weighted by Crippen LogP contribution is -2.04. The summed E-state index contributed by atoms with van der Waals surface area (Å²) in [6, 6.07) is 7.64. The molecule has 3 nitrogen and oxygen atoms in total. The first-order valence-corrected chi connectivity index (χ1v) is 5.17. The third-order valence-corrected chi connectivity index (χ3v) is 2.38. The molecule has 0 spiro atoms. The highest BCUT2D eigenvalue weighted by molar-refractivity contribution is 5.95. The van der Waals surface area contributed by atoms with Crippen molar-refractivity contribution in [3.63, 3.8) is 0 Å². The van der Waals surface area contributed by atoms with Gasteiger partial charge in [0.05, 0.1) is 6.61 Å². The standard InChI is InChI=1S/C13H13NO2/c1-3-9-5-6-11-10(7-9)8-12(14-11)13(15)16-4-2/h3,5-8,14H,1,4H2,2H3. The average molecular weight is 215 g/mol. The van der Waals surface area contributed by atoms with Crippen LogP contribution < -0.4 is 0 Å². The summed E-state index contributed by atoms with van der Waals surface area (Å²) in [5, 5.41) is 0.987. The molecule has 2 rings (SSSR count). The van der Waals surface area contributed by atoms with Gasteiger partial charge in [-0.2, -0.15) is 0 Å². The van der Waals surface area contributed by atoms with E-state index in [0.29, 0.717) is 12.3 Å². The van der Waals surface area contributed by atoms with Crippen LogP contribution in [0.3, 0.4) is 0 Å². The molecule has 0 radical (unpaired) electrons. The Kier molecular flexibility index (Phi) is 2.77. The molecule has 0 atom stereocenters. The van der Waals surface area contributed by atoms with Gasteiger partial charge < -0.3 is 9.72 Å². The van der Waals surface area contributed by atoms with Crippen molar-refractivity contribution in [1.29, 1.82) is 0 Å². The maximum absolute atomic E-state index is 11.5. The zero-order valence-electron chi connectivity index (χ0n) is 9.12. The van der Waals surface area contributed by atoms with E-state index in [1.54, 1.807) is 19.1 Å². The minimum Gasteiger partial charge on any atom is -0.461 e. The van der Waals surface area contributed by atoms with E-state index in [2.05, 4.69) is 11.6 Å². The third-order valence-electron chi connectivity index (χ3n) is 2.38. The number of aromatic nitrogens is 1. The second-order valence-corrected chi connectivity index (χ2v) is 3.45. The number of nitrogens with one attached hydrogen (secondary N) is 1. The Hall–Kier alpha value is -2.03. The molecule has 0 aliphatic rings. The highest BCUT2D eigenvalue weighted by Gasteiger charge is 2.09. The van der Waals surface area contributed by atoms with Crippen LogP contribution in [0, 0.1) is 0 Å². The van der Waals surface area contributed by atoms with Crippen molar-refractivity contribution < 1.29 is 9.53 Å². The number of rotatable bonds is 3. The quantitative estimate of drug-likeness (QED) is 0.800. The van der Waals surface area contributed by atoms with Crippen molar-refractivity contribution in [3.8, 4) is 0 Å². The Morgan fingerprint density at radius 3 is 3.00 bits per heavy atom. The number of H-pyrrole nitrogens is 1. The summed E-state index contributed by atoms with van der Waals surface area (Å²) in [5.74, 6) is -0.321. The van der Waals surface area contributed by atoms with Gasteiger partial charge in [-0.05, 0) is 30.7 Å². The normalized spacial score (nSPS) is 10.3. The Morgan fingerprint density at radius 2 is 2.31 bits per heavy atom. The number of carbonyl (C=O) groups excluding carboxylic acids is 1. The fraction of sp³-hybridized carbons (Fsp3) is 0.154. The largest absolute Gasteiger partial charge is 0.461 e. The van der Waals surface area contributed by atoms with Gasteiger partial charge >= 0.3 is 5.97 Å². The van der Waals surface area contributed by atoms with E-state index in [1.807, 2.05) is 18.2 Å². The molecule has 0 saturated heterocycles. The highest BCUT2D eigenvalue weighted by atomic mass is 16.5. The number of hydrogen-bond acceptors (Lipinski definition) is 2. The maximum atomic E-state index is 11.5. The molecule has 0 amide bonds. The summed E-state index contributed by atoms with van der Waals surface area (Å²) >= 11 is 0. The molecule has 1 aromatic heterocycles. The topological polar surface area (TPSA) is 42.1 Å². The number of ether oxygens (including phenoxy) is 1. The monoisotopic (exact) mass is 215 g/mol. The van der Waals surface area contributed by atoms with Gasteiger partial charge in [0.15, 0.2) is 0 Å². The highest BCUT2D eigenvalue weighted by Crippen LogP contribution is 2.18. The van der Waals surface area contributed by atoms with Crippen LogP contribution in [0.15, 0.2) is 30.8 Å². The molecule has 0 aliphatic carbocycles. The molecule has 0 unspecified atom stereocenters. The molecule has 82 valence electrons. The molecule has 1 heterocycles. The van der Waals surface area contributed by atoms with Gasteiger partial charge in [-0.3, -0.25) is 0 Å². The van der Waals surface area contributed by atoms with E-state index in [-0.39, 0.29) is 5.97 Å². The predicted molar refractivity (Wildman–Crippen MR) is 64.3 cm³/mol. The van der Waals surface area contributed by atoms with E-state index in [9.17, 15) is 4.79 Å². The number of fused-ring (bicyclic) bond motifs is 1. The Morgan fingerprint density at radius 1 is 1.50 bits per heavy atom. The summed E-state index contributed by atoms with van der Waals surface area (Å²) in [4.78, 5) is 14.5. The van der Waals surface area contributed by atoms with Gasteiger partial charge in [0.2, 0.25) is 0 Å². The molecule has 16 heavy (non-hydrogen) atoms. The van der Waals surface area contributed by atoms with E-state index < -0.39 is 0 Å². The summed E-state index contributed by atoms with van der Waals surface area (Å²) in [6.07, 6.45) is 1.77. The van der Waals surface area contributed by atoms with Crippen LogP contribution in [-0.2, 0) is 4.74 Å². The predicted octanol–water partition coefficient (Wildman–Crippen LogP) is 2.99. The van der Waals surface area contributed by atoms with Gasteiger partial charge in [-0.15, -0.1) is 0 Å². The molecule has 0 aliphatic heterocycles. The zero-order chi connectivity index (χ0) is 11.5. The van der Waals surface area contributed by atoms with Gasteiger partial charge in [-0.1, -0.05) is 18.7 Å². The van der Waals surface area contributed by atoms with Crippen molar-refractivity contribution >= 4 is 22.9 Å². The lowest BCUT2D eigenvalue weighted by atomic mass is 10.1. The average Bonchev–Trinajstić information content (AvgIpc) is 2.71. The number of aromatic amines is 1. The summed E-state index contributed by atoms with van der Waals surface area (Å²) < 4.78 is 4.92. The molecule has 0 saturated carbocycles. The molecule has 2 aromatic rings. The zero-order valence-corrected chi connectivity index (χ0v) is 9.12. The molecule has 0 bridgehead atoms. The van der Waals surface area contributed by atoms with Gasteiger partial charge in [-0.25, -0.2) is 4.79 Å². The van der Waals surface area contributed by atoms with Crippen LogP contribution in [0.2, 0.25) is 0 Å². The molecule has 3 heteroatoms. The minimum atomic E-state index is -0.321. The van der Waals surface area contributed by atoms with E-state index in [0.717, 1.165) is 16.5 Å². The van der Waals surface area contributed by atoms with Crippen molar-refractivity contribution in [2.45, 2.75) is 6.92 Å². The second kappa shape index (κ2) is 4.23. The molecular formula is C13H13NO2. The number of benzene rings is 1. The lowest BCUT2D eigenvalue weighted by molar-refractivity contribution is 0.0520. The van der Waals surface area contributed by atoms with Crippen LogP contribution in [0.4, 0.5) is 0 Å². The first kappa shape index (κ1) is 10.5. The first-order chi connectivity index (χ1) is 7.74. The first-order valence-electron chi connectivity index (χ1n) is 5.17. The van der Waals surface area contributed by atoms with Crippen molar-refractivity contribution in [1.82, 2.24) is 4.98 Å². The Balaban J connectivity index is 2.43. The summed E-state index contributed by atoms with van der Waals surface area (Å²) in [6.45, 7) is 5.88. The van der Waals surface area contributed by atoms with Crippen LogP contribution >= 0.6 is 0 Å². The summed E-state index contributed by atoms with van der Waals surface area (Å²) in [5.41, 5.74) is 2.44. The molecule has 0 fully saturated rings. The van der Waals surface area contributed by atoms with Crippen molar-refractivity contribution in [2.75, 3.05) is 6.61 Å². The van der Waals surface area contributed by atoms with Crippen LogP contribution in [0.25, 0.3) is 17.0 Å². The van der Waals surface area contributed by atoms with Crippen molar-refractivity contribution in [3.05, 3.63) is 42.1 Å².